The van der Waals surface area contributed by atoms with Gasteiger partial charge in [0, 0.05) is 43.6 Å². The normalized spacial score (nSPS) is 11.9. The molecule has 0 unspecified atom stereocenters. The molecular weight excluding hydrogens is 757 g/mol. The molecule has 5 heteroatoms. The molecule has 0 N–H and O–H groups in total. The van der Waals surface area contributed by atoms with Crippen LogP contribution in [0.25, 0.3) is 127 Å². The highest BCUT2D eigenvalue weighted by Crippen LogP contribution is 2.42. The van der Waals surface area contributed by atoms with Crippen LogP contribution in [0.4, 0.5) is 0 Å². The molecule has 0 atom stereocenters. The minimum atomic E-state index is 0.588. The third-order valence-corrected chi connectivity index (χ3v) is 12.4. The van der Waals surface area contributed by atoms with Gasteiger partial charge in [0.05, 0.1) is 16.7 Å². The van der Waals surface area contributed by atoms with Gasteiger partial charge in [-0.2, -0.15) is 0 Å². The molecule has 62 heavy (non-hydrogen) atoms. The SMILES string of the molecule is c1ccc(-c2ccc3c(-c4nc(-c5ccccc5)nc(-c5cccc6oc7ccccc7c56)n4)ccc(-n4c5cc6ccccc6cc5c5cc6ccccc6cc54)c3c2)cc1. The molecule has 0 amide bonds. The Labute approximate surface area is 355 Å². The molecule has 3 heterocycles. The molecule has 0 spiro atoms. The molecule has 0 aliphatic carbocycles. The lowest BCUT2D eigenvalue weighted by Crippen LogP contribution is -2.02. The summed E-state index contributed by atoms with van der Waals surface area (Å²) in [4.78, 5) is 15.8. The zero-order chi connectivity index (χ0) is 40.7. The first kappa shape index (κ1) is 34.5. The third-order valence-electron chi connectivity index (χ3n) is 12.4. The number of furan rings is 1. The van der Waals surface area contributed by atoms with Gasteiger partial charge in [0.25, 0.3) is 0 Å². The molecule has 0 aliphatic heterocycles. The average Bonchev–Trinajstić information content (AvgIpc) is 3.87. The van der Waals surface area contributed by atoms with E-state index in [1.165, 1.54) is 32.3 Å². The van der Waals surface area contributed by atoms with Gasteiger partial charge < -0.3 is 8.98 Å². The minimum Gasteiger partial charge on any atom is -0.456 e. The molecule has 3 aromatic heterocycles. The van der Waals surface area contributed by atoms with Crippen LogP contribution in [-0.4, -0.2) is 19.5 Å². The lowest BCUT2D eigenvalue weighted by molar-refractivity contribution is 0.669. The second kappa shape index (κ2) is 13.6. The van der Waals surface area contributed by atoms with Crippen LogP contribution in [0.2, 0.25) is 0 Å². The van der Waals surface area contributed by atoms with Crippen molar-refractivity contribution in [2.45, 2.75) is 0 Å². The maximum atomic E-state index is 6.33. The fourth-order valence-corrected chi connectivity index (χ4v) is 9.47. The van der Waals surface area contributed by atoms with Crippen LogP contribution in [-0.2, 0) is 0 Å². The van der Waals surface area contributed by atoms with Gasteiger partial charge in [0.15, 0.2) is 17.5 Å². The van der Waals surface area contributed by atoms with Crippen LogP contribution < -0.4 is 0 Å². The van der Waals surface area contributed by atoms with Crippen molar-refractivity contribution >= 4 is 76.1 Å². The molecule has 288 valence electrons. The van der Waals surface area contributed by atoms with E-state index in [1.807, 2.05) is 48.5 Å². The lowest BCUT2D eigenvalue weighted by Gasteiger charge is -2.17. The van der Waals surface area contributed by atoms with E-state index >= 15 is 0 Å². The average molecular weight is 791 g/mol. The quantitative estimate of drug-likeness (QED) is 0.174. The highest BCUT2D eigenvalue weighted by atomic mass is 16.3. The molecule has 0 bridgehead atoms. The van der Waals surface area contributed by atoms with E-state index in [9.17, 15) is 0 Å². The zero-order valence-corrected chi connectivity index (χ0v) is 33.3. The smallest absolute Gasteiger partial charge is 0.164 e. The standard InChI is InChI=1S/C57H34N4O/c1-3-14-35(15-4-1)41-26-27-42-43(56-58-55(36-16-5-2-6-17-36)59-57(60-56)45-23-13-25-53-54(45)44-22-11-12-24-52(44)62-53)28-29-49(46(42)32-41)61-50-33-39-20-9-7-18-37(39)30-47(50)48-31-38-19-8-10-21-40(38)34-51(48)61/h1-34H. The third kappa shape index (κ3) is 5.38. The number of nitrogens with zero attached hydrogens (tertiary/aromatic N) is 4. The van der Waals surface area contributed by atoms with Crippen molar-refractivity contribution in [1.82, 2.24) is 19.5 Å². The topological polar surface area (TPSA) is 56.7 Å². The van der Waals surface area contributed by atoms with Crippen LogP contribution in [0, 0.1) is 0 Å². The van der Waals surface area contributed by atoms with Crippen molar-refractivity contribution in [2.24, 2.45) is 0 Å². The second-order valence-electron chi connectivity index (χ2n) is 16.0. The van der Waals surface area contributed by atoms with Gasteiger partial charge in [-0.25, -0.2) is 15.0 Å². The number of rotatable bonds is 5. The molecule has 0 saturated carbocycles. The van der Waals surface area contributed by atoms with E-state index in [4.69, 9.17) is 19.4 Å². The summed E-state index contributed by atoms with van der Waals surface area (Å²) in [7, 11) is 0. The molecule has 13 rings (SSSR count). The summed E-state index contributed by atoms with van der Waals surface area (Å²) in [6.07, 6.45) is 0. The second-order valence-corrected chi connectivity index (χ2v) is 16.0. The Morgan fingerprint density at radius 1 is 0.323 bits per heavy atom. The summed E-state index contributed by atoms with van der Waals surface area (Å²) in [5, 5.41) is 11.4. The fourth-order valence-electron chi connectivity index (χ4n) is 9.47. The largest absolute Gasteiger partial charge is 0.456 e. The first-order chi connectivity index (χ1) is 30.7. The number of para-hydroxylation sites is 1. The number of benzene rings is 10. The Morgan fingerprint density at radius 2 is 0.887 bits per heavy atom. The van der Waals surface area contributed by atoms with E-state index in [0.29, 0.717) is 17.5 Å². The molecule has 0 fully saturated rings. The van der Waals surface area contributed by atoms with Crippen LogP contribution in [0.1, 0.15) is 0 Å². The summed E-state index contributed by atoms with van der Waals surface area (Å²) in [5.41, 5.74) is 10.0. The predicted octanol–water partition coefficient (Wildman–Crippen LogP) is 15.0. The van der Waals surface area contributed by atoms with Crippen molar-refractivity contribution in [2.75, 3.05) is 0 Å². The van der Waals surface area contributed by atoms with Crippen LogP contribution >= 0.6 is 0 Å². The Hall–Kier alpha value is -8.41. The van der Waals surface area contributed by atoms with Crippen LogP contribution in [0.3, 0.4) is 0 Å². The first-order valence-electron chi connectivity index (χ1n) is 20.9. The lowest BCUT2D eigenvalue weighted by atomic mass is 9.96. The van der Waals surface area contributed by atoms with Crippen LogP contribution in [0.15, 0.2) is 211 Å². The van der Waals surface area contributed by atoms with Crippen molar-refractivity contribution in [3.8, 4) is 51.0 Å². The van der Waals surface area contributed by atoms with Gasteiger partial charge in [-0.05, 0) is 92.7 Å². The van der Waals surface area contributed by atoms with Crippen molar-refractivity contribution in [3.05, 3.63) is 206 Å². The van der Waals surface area contributed by atoms with E-state index in [1.54, 1.807) is 0 Å². The summed E-state index contributed by atoms with van der Waals surface area (Å²) in [5.74, 6) is 1.79. The van der Waals surface area contributed by atoms with Gasteiger partial charge >= 0.3 is 0 Å². The van der Waals surface area contributed by atoms with Crippen molar-refractivity contribution < 1.29 is 4.42 Å². The van der Waals surface area contributed by atoms with E-state index in [-0.39, 0.29) is 0 Å². The first-order valence-corrected chi connectivity index (χ1v) is 20.9. The van der Waals surface area contributed by atoms with Gasteiger partial charge in [0.1, 0.15) is 11.2 Å². The summed E-state index contributed by atoms with van der Waals surface area (Å²) in [6, 6.07) is 73.0. The Morgan fingerprint density at radius 3 is 1.58 bits per heavy atom. The van der Waals surface area contributed by atoms with E-state index < -0.39 is 0 Å². The molecule has 5 nitrogen and oxygen atoms in total. The Kier molecular flexibility index (Phi) is 7.54. The Balaban J connectivity index is 1.12. The molecule has 0 saturated heterocycles. The van der Waals surface area contributed by atoms with E-state index in [2.05, 4.69) is 162 Å². The number of fused-ring (bicyclic) bond motifs is 9. The summed E-state index contributed by atoms with van der Waals surface area (Å²) in [6.45, 7) is 0. The van der Waals surface area contributed by atoms with Gasteiger partial charge in [-0.3, -0.25) is 0 Å². The molecule has 0 aliphatic rings. The van der Waals surface area contributed by atoms with Crippen molar-refractivity contribution in [1.29, 1.82) is 0 Å². The maximum Gasteiger partial charge on any atom is 0.164 e. The van der Waals surface area contributed by atoms with Crippen molar-refractivity contribution in [3.63, 3.8) is 0 Å². The van der Waals surface area contributed by atoms with E-state index in [0.717, 1.165) is 77.2 Å². The van der Waals surface area contributed by atoms with Gasteiger partial charge in [-0.15, -0.1) is 0 Å². The molecule has 10 aromatic carbocycles. The monoisotopic (exact) mass is 790 g/mol. The predicted molar refractivity (Wildman–Crippen MR) is 256 cm³/mol. The van der Waals surface area contributed by atoms with Gasteiger partial charge in [0.2, 0.25) is 0 Å². The highest BCUT2D eigenvalue weighted by molar-refractivity contribution is 6.18. The zero-order valence-electron chi connectivity index (χ0n) is 33.3. The molecule has 13 aromatic rings. The fraction of sp³-hybridized carbons (Fsp3) is 0. The molecule has 0 radical (unpaired) electrons. The van der Waals surface area contributed by atoms with Crippen LogP contribution in [0.5, 0.6) is 0 Å². The number of aromatic nitrogens is 4. The van der Waals surface area contributed by atoms with Gasteiger partial charge in [-0.1, -0.05) is 152 Å². The summed E-state index contributed by atoms with van der Waals surface area (Å²) < 4.78 is 8.79. The number of hydrogen-bond acceptors (Lipinski definition) is 4. The Bertz CT molecular complexity index is 3830. The maximum absolute atomic E-state index is 6.33. The number of hydrogen-bond donors (Lipinski definition) is 0. The summed E-state index contributed by atoms with van der Waals surface area (Å²) >= 11 is 0. The molecular formula is C57H34N4O. The highest BCUT2D eigenvalue weighted by Gasteiger charge is 2.22. The minimum absolute atomic E-state index is 0.588.